The Hall–Kier alpha value is -1.62. The maximum absolute atomic E-state index is 11.7. The number of carbonyl (C=O) groups excluding carboxylic acids is 1. The summed E-state index contributed by atoms with van der Waals surface area (Å²) in [6.07, 6.45) is 1.06. The largest absolute Gasteiger partial charge is 0.413 e. The van der Waals surface area contributed by atoms with E-state index in [1.807, 2.05) is 39.0 Å². The van der Waals surface area contributed by atoms with Crippen LogP contribution in [0.2, 0.25) is 0 Å². The second kappa shape index (κ2) is 5.17. The van der Waals surface area contributed by atoms with Crippen molar-refractivity contribution < 1.29 is 9.53 Å². The number of pyridine rings is 1. The monoisotopic (exact) mass is 322 g/mol. The molecule has 0 aliphatic carbocycles. The Kier molecular flexibility index (Phi) is 3.75. The van der Waals surface area contributed by atoms with E-state index in [2.05, 4.69) is 26.2 Å². The quantitative estimate of drug-likeness (QED) is 0.866. The summed E-state index contributed by atoms with van der Waals surface area (Å²) in [6.45, 7) is 5.68. The summed E-state index contributed by atoms with van der Waals surface area (Å²) in [6, 6.07) is 7.53. The van der Waals surface area contributed by atoms with Gasteiger partial charge in [0.25, 0.3) is 0 Å². The van der Waals surface area contributed by atoms with Crippen molar-refractivity contribution in [2.24, 2.45) is 0 Å². The summed E-state index contributed by atoms with van der Waals surface area (Å²) in [4.78, 5) is 15.9. The molecule has 0 fully saturated rings. The lowest BCUT2D eigenvalue weighted by atomic mass is 10.1. The molecule has 1 N–H and O–H groups in total. The molecule has 0 saturated heterocycles. The fraction of sp³-hybridized carbons (Fsp3) is 0.286. The van der Waals surface area contributed by atoms with E-state index in [-0.39, 0.29) is 5.54 Å². The van der Waals surface area contributed by atoms with Gasteiger partial charge in [0.05, 0.1) is 11.7 Å². The maximum atomic E-state index is 11.7. The first kappa shape index (κ1) is 13.8. The number of ether oxygens (including phenoxy) is 1. The summed E-state index contributed by atoms with van der Waals surface area (Å²) in [7, 11) is 0. The fourth-order valence-electron chi connectivity index (χ4n) is 1.58. The van der Waals surface area contributed by atoms with Crippen LogP contribution in [0, 0.1) is 0 Å². The van der Waals surface area contributed by atoms with Gasteiger partial charge in [-0.1, -0.05) is 15.9 Å². The molecule has 1 aromatic carbocycles. The molecule has 0 spiro atoms. The summed E-state index contributed by atoms with van der Waals surface area (Å²) in [5.74, 6) is 0.423. The molecule has 0 aliphatic heterocycles. The van der Waals surface area contributed by atoms with E-state index in [1.165, 1.54) is 0 Å². The van der Waals surface area contributed by atoms with Crippen LogP contribution in [-0.4, -0.2) is 16.6 Å². The normalized spacial score (nSPS) is 11.4. The first-order valence-electron chi connectivity index (χ1n) is 5.89. The number of halogens is 1. The van der Waals surface area contributed by atoms with Crippen LogP contribution in [0.3, 0.4) is 0 Å². The Morgan fingerprint density at radius 3 is 2.74 bits per heavy atom. The molecule has 4 nitrogen and oxygen atoms in total. The molecule has 0 aliphatic rings. The predicted molar refractivity (Wildman–Crippen MR) is 78.4 cm³/mol. The van der Waals surface area contributed by atoms with Crippen LogP contribution >= 0.6 is 15.9 Å². The Balaban J connectivity index is 2.19. The van der Waals surface area contributed by atoms with Crippen molar-refractivity contribution in [3.8, 4) is 5.75 Å². The third-order valence-electron chi connectivity index (χ3n) is 2.31. The van der Waals surface area contributed by atoms with Gasteiger partial charge in [-0.25, -0.2) is 4.79 Å². The third-order valence-corrected chi connectivity index (χ3v) is 2.80. The smallest absolute Gasteiger partial charge is 0.409 e. The van der Waals surface area contributed by atoms with Gasteiger partial charge in [0.2, 0.25) is 0 Å². The molecule has 1 heterocycles. The van der Waals surface area contributed by atoms with Gasteiger partial charge in [0, 0.05) is 15.4 Å². The first-order valence-corrected chi connectivity index (χ1v) is 6.68. The molecule has 0 bridgehead atoms. The van der Waals surface area contributed by atoms with E-state index in [9.17, 15) is 4.79 Å². The summed E-state index contributed by atoms with van der Waals surface area (Å²) >= 11 is 3.40. The number of amides is 1. The lowest BCUT2D eigenvalue weighted by molar-refractivity contribution is 0.190. The number of nitrogens with one attached hydrogen (secondary N) is 1. The highest BCUT2D eigenvalue weighted by molar-refractivity contribution is 9.10. The number of rotatable bonds is 1. The van der Waals surface area contributed by atoms with Crippen molar-refractivity contribution in [2.75, 3.05) is 0 Å². The molecule has 2 aromatic rings. The maximum Gasteiger partial charge on any atom is 0.413 e. The average molecular weight is 323 g/mol. The molecule has 0 radical (unpaired) electrons. The zero-order valence-corrected chi connectivity index (χ0v) is 12.6. The van der Waals surface area contributed by atoms with Crippen molar-refractivity contribution in [1.29, 1.82) is 0 Å². The van der Waals surface area contributed by atoms with Crippen molar-refractivity contribution >= 4 is 32.9 Å². The molecule has 1 aromatic heterocycles. The molecule has 0 unspecified atom stereocenters. The van der Waals surface area contributed by atoms with E-state index in [4.69, 9.17) is 4.74 Å². The van der Waals surface area contributed by atoms with Gasteiger partial charge in [-0.15, -0.1) is 0 Å². The van der Waals surface area contributed by atoms with Crippen LogP contribution in [0.15, 0.2) is 34.9 Å². The Labute approximate surface area is 120 Å². The van der Waals surface area contributed by atoms with E-state index in [1.54, 1.807) is 12.3 Å². The summed E-state index contributed by atoms with van der Waals surface area (Å²) < 4.78 is 6.17. The lowest BCUT2D eigenvalue weighted by Gasteiger charge is -2.19. The second-order valence-electron chi connectivity index (χ2n) is 5.27. The third kappa shape index (κ3) is 3.92. The molecule has 0 saturated carbocycles. The Bertz CT molecular complexity index is 620. The van der Waals surface area contributed by atoms with Crippen LogP contribution in [0.4, 0.5) is 4.79 Å². The van der Waals surface area contributed by atoms with Gasteiger partial charge in [-0.3, -0.25) is 4.98 Å². The van der Waals surface area contributed by atoms with Gasteiger partial charge in [0.15, 0.2) is 5.75 Å². The zero-order chi connectivity index (χ0) is 14.0. The van der Waals surface area contributed by atoms with Gasteiger partial charge in [-0.05, 0) is 45.0 Å². The summed E-state index contributed by atoms with van der Waals surface area (Å²) in [5.41, 5.74) is 0.525. The zero-order valence-electron chi connectivity index (χ0n) is 11.0. The molecule has 1 amide bonds. The van der Waals surface area contributed by atoms with E-state index in [0.29, 0.717) is 5.75 Å². The Morgan fingerprint density at radius 1 is 1.32 bits per heavy atom. The van der Waals surface area contributed by atoms with Crippen LogP contribution in [0.25, 0.3) is 10.9 Å². The number of aromatic nitrogens is 1. The minimum atomic E-state index is -0.483. The summed E-state index contributed by atoms with van der Waals surface area (Å²) in [5, 5.41) is 3.64. The number of nitrogens with zero attached hydrogens (tertiary/aromatic N) is 1. The van der Waals surface area contributed by atoms with Crippen molar-refractivity contribution in [3.63, 3.8) is 0 Å². The van der Waals surface area contributed by atoms with Crippen molar-refractivity contribution in [1.82, 2.24) is 10.3 Å². The van der Waals surface area contributed by atoms with E-state index >= 15 is 0 Å². The highest BCUT2D eigenvalue weighted by atomic mass is 79.9. The molecular weight excluding hydrogens is 308 g/mol. The average Bonchev–Trinajstić information content (AvgIpc) is 2.25. The number of fused-ring (bicyclic) bond motifs is 1. The van der Waals surface area contributed by atoms with Crippen LogP contribution in [0.1, 0.15) is 20.8 Å². The van der Waals surface area contributed by atoms with Crippen LogP contribution in [-0.2, 0) is 0 Å². The molecule has 2 rings (SSSR count). The Morgan fingerprint density at radius 2 is 2.05 bits per heavy atom. The fourth-order valence-corrected chi connectivity index (χ4v) is 1.96. The van der Waals surface area contributed by atoms with Gasteiger partial charge in [0.1, 0.15) is 0 Å². The van der Waals surface area contributed by atoms with Gasteiger partial charge in [-0.2, -0.15) is 0 Å². The highest BCUT2D eigenvalue weighted by Crippen LogP contribution is 2.22. The van der Waals surface area contributed by atoms with E-state index in [0.717, 1.165) is 15.4 Å². The van der Waals surface area contributed by atoms with Crippen LogP contribution < -0.4 is 10.1 Å². The molecular formula is C14H15BrN2O2. The standard InChI is InChI=1S/C14H15BrN2O2/c1-14(2,3)17-13(18)19-11-7-9-6-10(15)4-5-12(9)16-8-11/h4-8H,1-3H3,(H,17,18). The molecule has 0 atom stereocenters. The van der Waals surface area contributed by atoms with Gasteiger partial charge < -0.3 is 10.1 Å². The van der Waals surface area contributed by atoms with Crippen molar-refractivity contribution in [2.45, 2.75) is 26.3 Å². The van der Waals surface area contributed by atoms with Crippen molar-refractivity contribution in [3.05, 3.63) is 34.9 Å². The molecule has 100 valence electrons. The number of carbonyl (C=O) groups is 1. The van der Waals surface area contributed by atoms with Crippen LogP contribution in [0.5, 0.6) is 5.75 Å². The number of hydrogen-bond acceptors (Lipinski definition) is 3. The highest BCUT2D eigenvalue weighted by Gasteiger charge is 2.15. The molecule has 19 heavy (non-hydrogen) atoms. The number of benzene rings is 1. The van der Waals surface area contributed by atoms with Gasteiger partial charge >= 0.3 is 6.09 Å². The number of hydrogen-bond donors (Lipinski definition) is 1. The minimum Gasteiger partial charge on any atom is -0.409 e. The first-order chi connectivity index (χ1) is 8.83. The SMILES string of the molecule is CC(C)(C)NC(=O)Oc1cnc2ccc(Br)cc2c1. The topological polar surface area (TPSA) is 51.2 Å². The predicted octanol–water partition coefficient (Wildman–Crippen LogP) is 3.88. The lowest BCUT2D eigenvalue weighted by Crippen LogP contribution is -2.42. The van der Waals surface area contributed by atoms with E-state index < -0.39 is 6.09 Å². The molecule has 5 heteroatoms. The second-order valence-corrected chi connectivity index (χ2v) is 6.19. The minimum absolute atomic E-state index is 0.329.